The molecule has 0 amide bonds. The molecule has 1 N–H and O–H groups in total. The third-order valence-corrected chi connectivity index (χ3v) is 7.97. The lowest BCUT2D eigenvalue weighted by Gasteiger charge is -2.26. The maximum atomic E-state index is 12.1. The van der Waals surface area contributed by atoms with Gasteiger partial charge in [0, 0.05) is 25.1 Å². The predicted octanol–water partition coefficient (Wildman–Crippen LogP) is 5.84. The van der Waals surface area contributed by atoms with Crippen LogP contribution in [0.2, 0.25) is 0 Å². The van der Waals surface area contributed by atoms with E-state index in [0.29, 0.717) is 11.6 Å². The van der Waals surface area contributed by atoms with Crippen LogP contribution in [0.1, 0.15) is 72.6 Å². The predicted molar refractivity (Wildman–Crippen MR) is 144 cm³/mol. The quantitative estimate of drug-likeness (QED) is 0.319. The zero-order valence-electron chi connectivity index (χ0n) is 21.8. The average Bonchev–Trinajstić information content (AvgIpc) is 3.36. The van der Waals surface area contributed by atoms with Crippen molar-refractivity contribution in [1.29, 1.82) is 0 Å². The first-order chi connectivity index (χ1) is 18.5. The fourth-order valence-electron chi connectivity index (χ4n) is 5.95. The summed E-state index contributed by atoms with van der Waals surface area (Å²) in [5.41, 5.74) is 4.74. The normalized spacial score (nSPS) is 22.8. The van der Waals surface area contributed by atoms with Crippen LogP contribution in [0, 0.1) is 11.8 Å². The van der Waals surface area contributed by atoms with Gasteiger partial charge >= 0.3 is 5.97 Å². The number of carbonyl (C=O) groups is 1. The second-order valence-electron chi connectivity index (χ2n) is 11.0. The molecule has 0 bridgehead atoms. The standard InChI is InChI=1S/C30H33N5O3/c1-19-6-3-7-20(12-19)18-38-24-11-5-9-22(14-24)21-8-4-10-23(13-21)35-29(27(16-31-35)30(36)37)26-15-25(26)28-17-34(2)33-32-28/h4-5,8-11,13-14,16-17,19-20,25-26H,3,6-7,12,15,18H2,1-2H3,(H,36,37)/t19?,20?,25-,26-/m1/s1. The van der Waals surface area contributed by atoms with Crippen molar-refractivity contribution in [1.82, 2.24) is 24.8 Å². The summed E-state index contributed by atoms with van der Waals surface area (Å²) < 4.78 is 9.67. The summed E-state index contributed by atoms with van der Waals surface area (Å²) in [4.78, 5) is 12.1. The van der Waals surface area contributed by atoms with Gasteiger partial charge in [-0.25, -0.2) is 9.48 Å². The summed E-state index contributed by atoms with van der Waals surface area (Å²) in [6.45, 7) is 3.10. The van der Waals surface area contributed by atoms with Crippen molar-refractivity contribution in [2.75, 3.05) is 6.61 Å². The van der Waals surface area contributed by atoms with Gasteiger partial charge < -0.3 is 9.84 Å². The summed E-state index contributed by atoms with van der Waals surface area (Å²) in [6.07, 6.45) is 9.29. The molecule has 2 aromatic carbocycles. The molecule has 2 aliphatic rings. The number of hydrogen-bond acceptors (Lipinski definition) is 5. The van der Waals surface area contributed by atoms with Crippen LogP contribution in [-0.2, 0) is 7.05 Å². The minimum absolute atomic E-state index is 0.0307. The molecule has 2 fully saturated rings. The molecule has 0 radical (unpaired) electrons. The van der Waals surface area contributed by atoms with Gasteiger partial charge in [-0.3, -0.25) is 4.68 Å². The summed E-state index contributed by atoms with van der Waals surface area (Å²) in [7, 11) is 1.84. The highest BCUT2D eigenvalue weighted by Gasteiger charge is 2.46. The molecule has 2 unspecified atom stereocenters. The van der Waals surface area contributed by atoms with Crippen LogP contribution in [0.15, 0.2) is 60.9 Å². The van der Waals surface area contributed by atoms with E-state index in [-0.39, 0.29) is 17.4 Å². The number of carboxylic acids is 1. The average molecular weight is 512 g/mol. The van der Waals surface area contributed by atoms with Gasteiger partial charge in [-0.2, -0.15) is 5.10 Å². The monoisotopic (exact) mass is 511 g/mol. The van der Waals surface area contributed by atoms with Gasteiger partial charge in [-0.1, -0.05) is 49.2 Å². The number of rotatable bonds is 8. The van der Waals surface area contributed by atoms with Gasteiger partial charge in [-0.05, 0) is 66.5 Å². The Labute approximate surface area is 222 Å². The Bertz CT molecular complexity index is 1460. The second kappa shape index (κ2) is 10.1. The highest BCUT2D eigenvalue weighted by molar-refractivity contribution is 5.89. The Morgan fingerprint density at radius 2 is 1.89 bits per heavy atom. The Morgan fingerprint density at radius 3 is 2.66 bits per heavy atom. The maximum Gasteiger partial charge on any atom is 0.339 e. The van der Waals surface area contributed by atoms with Gasteiger partial charge in [0.25, 0.3) is 0 Å². The van der Waals surface area contributed by atoms with E-state index in [1.807, 2.05) is 37.5 Å². The minimum atomic E-state index is -0.968. The van der Waals surface area contributed by atoms with Crippen LogP contribution < -0.4 is 4.74 Å². The molecule has 38 heavy (non-hydrogen) atoms. The summed E-state index contributed by atoms with van der Waals surface area (Å²) in [5.74, 6) is 1.49. The topological polar surface area (TPSA) is 95.1 Å². The minimum Gasteiger partial charge on any atom is -0.493 e. The number of aryl methyl sites for hydroxylation is 1. The van der Waals surface area contributed by atoms with E-state index in [4.69, 9.17) is 4.74 Å². The molecule has 4 atom stereocenters. The number of benzene rings is 2. The van der Waals surface area contributed by atoms with Gasteiger partial charge in [0.1, 0.15) is 11.3 Å². The van der Waals surface area contributed by atoms with E-state index in [0.717, 1.165) is 47.2 Å². The molecule has 2 aromatic heterocycles. The lowest BCUT2D eigenvalue weighted by atomic mass is 9.83. The van der Waals surface area contributed by atoms with Crippen molar-refractivity contribution < 1.29 is 14.6 Å². The number of nitrogens with zero attached hydrogens (tertiary/aromatic N) is 5. The molecule has 2 saturated carbocycles. The van der Waals surface area contributed by atoms with Crippen molar-refractivity contribution >= 4 is 5.97 Å². The van der Waals surface area contributed by atoms with Crippen LogP contribution in [0.3, 0.4) is 0 Å². The molecule has 0 saturated heterocycles. The van der Waals surface area contributed by atoms with Crippen LogP contribution in [-0.4, -0.2) is 42.5 Å². The summed E-state index contributed by atoms with van der Waals surface area (Å²) >= 11 is 0. The van der Waals surface area contributed by atoms with Crippen molar-refractivity contribution in [3.8, 4) is 22.6 Å². The molecule has 2 heterocycles. The molecule has 196 valence electrons. The van der Waals surface area contributed by atoms with Gasteiger partial charge in [-0.15, -0.1) is 5.10 Å². The van der Waals surface area contributed by atoms with Crippen molar-refractivity contribution in [2.45, 2.75) is 50.9 Å². The zero-order chi connectivity index (χ0) is 26.2. The molecule has 0 spiro atoms. The molecule has 6 rings (SSSR count). The number of ether oxygens (including phenoxy) is 1. The SMILES string of the molecule is CC1CCCC(COc2cccc(-c3cccc(-n4ncc(C(=O)O)c4[C@@H]4C[C@H]4c4cn(C)nn4)c3)c2)C1. The fourth-order valence-corrected chi connectivity index (χ4v) is 5.95. The molecule has 8 heteroatoms. The molecule has 2 aliphatic carbocycles. The van der Waals surface area contributed by atoms with Gasteiger partial charge in [0.15, 0.2) is 0 Å². The van der Waals surface area contributed by atoms with Crippen LogP contribution in [0.5, 0.6) is 5.75 Å². The molecule has 0 aliphatic heterocycles. The van der Waals surface area contributed by atoms with Crippen LogP contribution >= 0.6 is 0 Å². The van der Waals surface area contributed by atoms with Crippen molar-refractivity contribution in [2.24, 2.45) is 18.9 Å². The number of carboxylic acid groups (broad SMARTS) is 1. The van der Waals surface area contributed by atoms with Gasteiger partial charge in [0.2, 0.25) is 0 Å². The lowest BCUT2D eigenvalue weighted by Crippen LogP contribution is -2.19. The Balaban J connectivity index is 1.25. The van der Waals surface area contributed by atoms with Crippen molar-refractivity contribution in [3.63, 3.8) is 0 Å². The highest BCUT2D eigenvalue weighted by atomic mass is 16.5. The summed E-state index contributed by atoms with van der Waals surface area (Å²) in [5, 5.41) is 22.7. The Kier molecular flexibility index (Phi) is 6.47. The maximum absolute atomic E-state index is 12.1. The molecule has 8 nitrogen and oxygen atoms in total. The van der Waals surface area contributed by atoms with E-state index in [1.54, 1.807) is 9.36 Å². The van der Waals surface area contributed by atoms with E-state index in [9.17, 15) is 9.90 Å². The zero-order valence-corrected chi connectivity index (χ0v) is 21.8. The summed E-state index contributed by atoms with van der Waals surface area (Å²) in [6, 6.07) is 16.3. The van der Waals surface area contributed by atoms with E-state index >= 15 is 0 Å². The van der Waals surface area contributed by atoms with Crippen molar-refractivity contribution in [3.05, 3.63) is 77.9 Å². The molecule has 4 aromatic rings. The van der Waals surface area contributed by atoms with Crippen LogP contribution in [0.25, 0.3) is 16.8 Å². The second-order valence-corrected chi connectivity index (χ2v) is 11.0. The highest BCUT2D eigenvalue weighted by Crippen LogP contribution is 2.55. The lowest BCUT2D eigenvalue weighted by molar-refractivity contribution is 0.0695. The molecular weight excluding hydrogens is 478 g/mol. The van der Waals surface area contributed by atoms with E-state index < -0.39 is 5.97 Å². The first-order valence-electron chi connectivity index (χ1n) is 13.5. The Hall–Kier alpha value is -3.94. The largest absolute Gasteiger partial charge is 0.493 e. The van der Waals surface area contributed by atoms with Crippen LogP contribution in [0.4, 0.5) is 0 Å². The number of aromatic nitrogens is 5. The van der Waals surface area contributed by atoms with E-state index in [2.05, 4.69) is 46.6 Å². The fraction of sp³-hybridized carbons (Fsp3) is 0.400. The van der Waals surface area contributed by atoms with E-state index in [1.165, 1.54) is 31.9 Å². The number of aromatic carboxylic acids is 1. The third kappa shape index (κ3) is 4.95. The first-order valence-corrected chi connectivity index (χ1v) is 13.5. The molecular formula is C30H33N5O3. The Morgan fingerprint density at radius 1 is 1.08 bits per heavy atom. The smallest absolute Gasteiger partial charge is 0.339 e. The first kappa shape index (κ1) is 24.4. The van der Waals surface area contributed by atoms with Gasteiger partial charge in [0.05, 0.1) is 29.9 Å². The number of hydrogen-bond donors (Lipinski definition) is 1. The third-order valence-electron chi connectivity index (χ3n) is 7.97.